The lowest BCUT2D eigenvalue weighted by atomic mass is 10.0. The molecule has 0 bridgehead atoms. The third-order valence-electron chi connectivity index (χ3n) is 4.19. The number of nitrogens with zero attached hydrogens (tertiary/aromatic N) is 1. The van der Waals surface area contributed by atoms with Crippen LogP contribution >= 0.6 is 0 Å². The fourth-order valence-electron chi connectivity index (χ4n) is 2.91. The van der Waals surface area contributed by atoms with Gasteiger partial charge < -0.3 is 5.11 Å². The van der Waals surface area contributed by atoms with Gasteiger partial charge in [0.15, 0.2) is 0 Å². The van der Waals surface area contributed by atoms with Crippen LogP contribution in [0.2, 0.25) is 0 Å². The Bertz CT molecular complexity index is 464. The van der Waals surface area contributed by atoms with Gasteiger partial charge in [-0.3, -0.25) is 15.1 Å². The van der Waals surface area contributed by atoms with Gasteiger partial charge in [-0.05, 0) is 30.0 Å². The molecule has 2 atom stereocenters. The van der Waals surface area contributed by atoms with E-state index in [9.17, 15) is 9.90 Å². The fourth-order valence-corrected chi connectivity index (χ4v) is 2.91. The van der Waals surface area contributed by atoms with Crippen LogP contribution in [-0.4, -0.2) is 35.1 Å². The third kappa shape index (κ3) is 3.36. The number of aliphatic hydroxyl groups is 1. The van der Waals surface area contributed by atoms with E-state index >= 15 is 0 Å². The van der Waals surface area contributed by atoms with Crippen LogP contribution in [0, 0.1) is 5.92 Å². The van der Waals surface area contributed by atoms with E-state index in [2.05, 4.69) is 17.2 Å². The number of nitrogens with two attached hydrogens (primary N) is 1. The predicted molar refractivity (Wildman–Crippen MR) is 77.5 cm³/mol. The van der Waals surface area contributed by atoms with E-state index in [1.165, 1.54) is 0 Å². The number of likely N-dealkylation sites (tertiary alicyclic amines) is 1. The zero-order valence-corrected chi connectivity index (χ0v) is 11.9. The molecule has 1 saturated heterocycles. The van der Waals surface area contributed by atoms with Gasteiger partial charge in [0.1, 0.15) is 0 Å². The molecule has 2 unspecified atom stereocenters. The Morgan fingerprint density at radius 2 is 2.15 bits per heavy atom. The van der Waals surface area contributed by atoms with Crippen molar-refractivity contribution < 1.29 is 9.90 Å². The molecule has 1 aliphatic heterocycles. The van der Waals surface area contributed by atoms with Crippen LogP contribution in [0.5, 0.6) is 0 Å². The molecule has 1 aromatic rings. The maximum absolute atomic E-state index is 11.5. The Hall–Kier alpha value is -1.43. The molecule has 0 spiro atoms. The third-order valence-corrected chi connectivity index (χ3v) is 4.19. The van der Waals surface area contributed by atoms with E-state index in [0.29, 0.717) is 12.3 Å². The molecular weight excluding hydrogens is 254 g/mol. The second-order valence-electron chi connectivity index (χ2n) is 5.50. The van der Waals surface area contributed by atoms with Crippen molar-refractivity contribution in [1.82, 2.24) is 10.3 Å². The smallest absolute Gasteiger partial charge is 0.238 e. The second kappa shape index (κ2) is 6.83. The summed E-state index contributed by atoms with van der Waals surface area (Å²) in [5, 5.41) is 9.52. The van der Waals surface area contributed by atoms with Crippen molar-refractivity contribution in [3.63, 3.8) is 0 Å². The van der Waals surface area contributed by atoms with Crippen LogP contribution in [0.4, 0.5) is 0 Å². The minimum Gasteiger partial charge on any atom is -0.395 e. The van der Waals surface area contributed by atoms with Crippen LogP contribution < -0.4 is 11.3 Å². The van der Waals surface area contributed by atoms with E-state index in [0.717, 1.165) is 30.6 Å². The maximum Gasteiger partial charge on any atom is 0.238 e. The highest BCUT2D eigenvalue weighted by molar-refractivity contribution is 5.78. The lowest BCUT2D eigenvalue weighted by molar-refractivity contribution is -0.120. The number of carbonyl (C=O) groups is 1. The molecule has 0 aliphatic carbocycles. The largest absolute Gasteiger partial charge is 0.395 e. The van der Waals surface area contributed by atoms with Crippen molar-refractivity contribution in [3.05, 3.63) is 35.4 Å². The monoisotopic (exact) mass is 277 g/mol. The van der Waals surface area contributed by atoms with E-state index in [4.69, 9.17) is 5.84 Å². The molecule has 1 amide bonds. The topological polar surface area (TPSA) is 78.6 Å². The molecule has 0 aromatic heterocycles. The summed E-state index contributed by atoms with van der Waals surface area (Å²) in [6, 6.07) is 8.12. The molecule has 4 N–H and O–H groups in total. The number of hydrogen-bond donors (Lipinski definition) is 3. The molecule has 5 heteroatoms. The van der Waals surface area contributed by atoms with Crippen molar-refractivity contribution >= 4 is 5.91 Å². The first-order chi connectivity index (χ1) is 9.65. The molecule has 0 radical (unpaired) electrons. The summed E-state index contributed by atoms with van der Waals surface area (Å²) in [5.41, 5.74) is 4.29. The number of benzene rings is 1. The quantitative estimate of drug-likeness (QED) is 0.414. The van der Waals surface area contributed by atoms with Crippen molar-refractivity contribution in [1.29, 1.82) is 0 Å². The number of rotatable bonds is 5. The predicted octanol–water partition coefficient (Wildman–Crippen LogP) is 0.422. The van der Waals surface area contributed by atoms with Crippen LogP contribution in [0.1, 0.15) is 24.5 Å². The van der Waals surface area contributed by atoms with E-state index < -0.39 is 0 Å². The highest BCUT2D eigenvalue weighted by Gasteiger charge is 2.30. The van der Waals surface area contributed by atoms with Crippen LogP contribution in [0.15, 0.2) is 24.3 Å². The summed E-state index contributed by atoms with van der Waals surface area (Å²) < 4.78 is 0. The molecule has 1 aromatic carbocycles. The minimum atomic E-state index is -0.189. The number of hydrazine groups is 1. The summed E-state index contributed by atoms with van der Waals surface area (Å²) in [7, 11) is 0. The summed E-state index contributed by atoms with van der Waals surface area (Å²) in [4.78, 5) is 13.7. The van der Waals surface area contributed by atoms with E-state index in [1.54, 1.807) is 0 Å². The zero-order chi connectivity index (χ0) is 14.5. The normalized spacial score (nSPS) is 22.9. The van der Waals surface area contributed by atoms with Gasteiger partial charge in [-0.1, -0.05) is 31.2 Å². The van der Waals surface area contributed by atoms with Crippen molar-refractivity contribution in [2.24, 2.45) is 11.8 Å². The maximum atomic E-state index is 11.5. The molecule has 2 rings (SSSR count). The standard InChI is InChI=1S/C15H23N3O2/c1-11-6-7-18(14(11)10-19)9-13-5-3-2-4-12(13)8-15(20)17-16/h2-5,11,14,19H,6-10,16H2,1H3,(H,17,20). The van der Waals surface area contributed by atoms with Crippen molar-refractivity contribution in [2.45, 2.75) is 32.4 Å². The zero-order valence-electron chi connectivity index (χ0n) is 11.9. The van der Waals surface area contributed by atoms with Gasteiger partial charge in [0, 0.05) is 12.6 Å². The molecule has 20 heavy (non-hydrogen) atoms. The Morgan fingerprint density at radius 3 is 2.80 bits per heavy atom. The average molecular weight is 277 g/mol. The lowest BCUT2D eigenvalue weighted by Crippen LogP contribution is -2.35. The Labute approximate surface area is 119 Å². The first kappa shape index (κ1) is 15.0. The van der Waals surface area contributed by atoms with Crippen molar-refractivity contribution in [2.75, 3.05) is 13.2 Å². The minimum absolute atomic E-state index is 0.187. The van der Waals surface area contributed by atoms with Crippen LogP contribution in [0.25, 0.3) is 0 Å². The van der Waals surface area contributed by atoms with Crippen LogP contribution in [-0.2, 0) is 17.8 Å². The molecule has 110 valence electrons. The van der Waals surface area contributed by atoms with E-state index in [-0.39, 0.29) is 18.6 Å². The molecule has 1 fully saturated rings. The van der Waals surface area contributed by atoms with Gasteiger partial charge in [-0.15, -0.1) is 0 Å². The number of hydrogen-bond acceptors (Lipinski definition) is 4. The molecule has 1 heterocycles. The summed E-state index contributed by atoms with van der Waals surface area (Å²) in [6.45, 7) is 4.12. The number of aliphatic hydroxyl groups excluding tert-OH is 1. The second-order valence-corrected chi connectivity index (χ2v) is 5.50. The SMILES string of the molecule is CC1CCN(Cc2ccccc2CC(=O)NN)C1CO. The van der Waals surface area contributed by atoms with Gasteiger partial charge >= 0.3 is 0 Å². The molecule has 5 nitrogen and oxygen atoms in total. The summed E-state index contributed by atoms with van der Waals surface area (Å²) in [6.07, 6.45) is 1.40. The highest BCUT2D eigenvalue weighted by Crippen LogP contribution is 2.26. The molecule has 0 saturated carbocycles. The van der Waals surface area contributed by atoms with Gasteiger partial charge in [0.05, 0.1) is 13.0 Å². The van der Waals surface area contributed by atoms with Gasteiger partial charge in [0.25, 0.3) is 0 Å². The fraction of sp³-hybridized carbons (Fsp3) is 0.533. The Balaban J connectivity index is 2.11. The first-order valence-electron chi connectivity index (χ1n) is 7.06. The van der Waals surface area contributed by atoms with E-state index in [1.807, 2.05) is 24.3 Å². The van der Waals surface area contributed by atoms with Crippen LogP contribution in [0.3, 0.4) is 0 Å². The molecule has 1 aliphatic rings. The highest BCUT2D eigenvalue weighted by atomic mass is 16.3. The lowest BCUT2D eigenvalue weighted by Gasteiger charge is -2.26. The Kier molecular flexibility index (Phi) is 5.11. The number of nitrogens with one attached hydrogen (secondary N) is 1. The average Bonchev–Trinajstić information content (AvgIpc) is 2.81. The van der Waals surface area contributed by atoms with Gasteiger partial charge in [-0.25, -0.2) is 5.84 Å². The van der Waals surface area contributed by atoms with Gasteiger partial charge in [-0.2, -0.15) is 0 Å². The van der Waals surface area contributed by atoms with Gasteiger partial charge in [0.2, 0.25) is 5.91 Å². The first-order valence-corrected chi connectivity index (χ1v) is 7.06. The number of carbonyl (C=O) groups excluding carboxylic acids is 1. The summed E-state index contributed by atoms with van der Waals surface area (Å²) in [5.74, 6) is 5.48. The summed E-state index contributed by atoms with van der Waals surface area (Å²) >= 11 is 0. The van der Waals surface area contributed by atoms with Crippen molar-refractivity contribution in [3.8, 4) is 0 Å². The number of amides is 1. The molecular formula is C15H23N3O2. The Morgan fingerprint density at radius 1 is 1.45 bits per heavy atom.